The zero-order valence-corrected chi connectivity index (χ0v) is 17.3. The number of thioether (sulfide) groups is 1. The molecule has 1 amide bonds. The Bertz CT molecular complexity index is 1030. The SMILES string of the molecule is CNC(=O)c1cnc(Nc2cc(SC)nc(C)n2)cc1Nc1cccnc1OC. The number of methoxy groups -OCH3 is 1. The van der Waals surface area contributed by atoms with Gasteiger partial charge in [0.2, 0.25) is 5.88 Å². The van der Waals surface area contributed by atoms with Crippen LogP contribution in [-0.2, 0) is 0 Å². The molecule has 3 aromatic rings. The van der Waals surface area contributed by atoms with Crippen molar-refractivity contribution >= 4 is 40.7 Å². The van der Waals surface area contributed by atoms with E-state index in [0.29, 0.717) is 40.3 Å². The molecular weight excluding hydrogens is 390 g/mol. The van der Waals surface area contributed by atoms with Gasteiger partial charge in [-0.25, -0.2) is 19.9 Å². The number of rotatable bonds is 7. The summed E-state index contributed by atoms with van der Waals surface area (Å²) in [7, 11) is 3.10. The molecule has 0 aliphatic rings. The maximum atomic E-state index is 12.3. The summed E-state index contributed by atoms with van der Waals surface area (Å²) in [5, 5.41) is 9.83. The van der Waals surface area contributed by atoms with E-state index in [1.165, 1.54) is 25.1 Å². The highest BCUT2D eigenvalue weighted by atomic mass is 32.2. The molecule has 0 aliphatic heterocycles. The number of anilines is 4. The number of ether oxygens (including phenoxy) is 1. The lowest BCUT2D eigenvalue weighted by Gasteiger charge is -2.15. The summed E-state index contributed by atoms with van der Waals surface area (Å²) in [6, 6.07) is 7.15. The predicted octanol–water partition coefficient (Wildman–Crippen LogP) is 3.15. The fraction of sp³-hybridized carbons (Fsp3) is 0.211. The second-order valence-corrected chi connectivity index (χ2v) is 6.67. The lowest BCUT2D eigenvalue weighted by atomic mass is 10.2. The van der Waals surface area contributed by atoms with Crippen LogP contribution in [-0.4, -0.2) is 46.3 Å². The molecule has 0 fully saturated rings. The molecule has 150 valence electrons. The Morgan fingerprint density at radius 3 is 2.66 bits per heavy atom. The first-order valence-electron chi connectivity index (χ1n) is 8.69. The van der Waals surface area contributed by atoms with E-state index in [9.17, 15) is 4.79 Å². The molecule has 0 aromatic carbocycles. The van der Waals surface area contributed by atoms with Gasteiger partial charge in [-0.05, 0) is 25.3 Å². The first-order chi connectivity index (χ1) is 14.0. The smallest absolute Gasteiger partial charge is 0.254 e. The first kappa shape index (κ1) is 20.3. The summed E-state index contributed by atoms with van der Waals surface area (Å²) < 4.78 is 5.28. The van der Waals surface area contributed by atoms with Crippen LogP contribution in [0.5, 0.6) is 5.88 Å². The maximum Gasteiger partial charge on any atom is 0.254 e. The molecule has 10 heteroatoms. The second kappa shape index (κ2) is 9.20. The van der Waals surface area contributed by atoms with Crippen molar-refractivity contribution in [2.45, 2.75) is 11.9 Å². The number of nitrogens with zero attached hydrogens (tertiary/aromatic N) is 4. The lowest BCUT2D eigenvalue weighted by Crippen LogP contribution is -2.19. The topological polar surface area (TPSA) is 114 Å². The molecule has 0 aliphatic carbocycles. The van der Waals surface area contributed by atoms with Crippen LogP contribution in [0.1, 0.15) is 16.2 Å². The quantitative estimate of drug-likeness (QED) is 0.398. The molecule has 0 saturated carbocycles. The van der Waals surface area contributed by atoms with Crippen molar-refractivity contribution in [1.82, 2.24) is 25.3 Å². The standard InChI is InChI=1S/C19H21N7O2S/c1-11-23-16(9-17(24-11)29-4)26-15-8-14(12(10-22-15)18(27)20-2)25-13-6-5-7-21-19(13)28-3/h5-10H,1-4H3,(H,20,27)(H2,22,23,24,25,26). The van der Waals surface area contributed by atoms with Gasteiger partial charge in [0, 0.05) is 31.6 Å². The molecule has 3 rings (SSSR count). The number of pyridine rings is 2. The molecule has 0 radical (unpaired) electrons. The third-order valence-electron chi connectivity index (χ3n) is 3.89. The number of aromatic nitrogens is 4. The molecule has 9 nitrogen and oxygen atoms in total. The number of carbonyl (C=O) groups excluding carboxylic acids is 1. The number of hydrogen-bond donors (Lipinski definition) is 3. The molecule has 3 N–H and O–H groups in total. The van der Waals surface area contributed by atoms with E-state index in [-0.39, 0.29) is 5.91 Å². The molecule has 29 heavy (non-hydrogen) atoms. The van der Waals surface area contributed by atoms with Gasteiger partial charge < -0.3 is 20.7 Å². The zero-order chi connectivity index (χ0) is 20.8. The van der Waals surface area contributed by atoms with Crippen LogP contribution in [0, 0.1) is 6.92 Å². The molecule has 0 unspecified atom stereocenters. The Morgan fingerprint density at radius 1 is 1.10 bits per heavy atom. The minimum absolute atomic E-state index is 0.267. The monoisotopic (exact) mass is 411 g/mol. The molecule has 3 aromatic heterocycles. The fourth-order valence-electron chi connectivity index (χ4n) is 2.58. The first-order valence-corrected chi connectivity index (χ1v) is 9.91. The summed E-state index contributed by atoms with van der Waals surface area (Å²) in [4.78, 5) is 29.5. The molecule has 3 heterocycles. The molecular formula is C19H21N7O2S. The van der Waals surface area contributed by atoms with Crippen LogP contribution in [0.2, 0.25) is 0 Å². The summed E-state index contributed by atoms with van der Waals surface area (Å²) >= 11 is 1.53. The van der Waals surface area contributed by atoms with E-state index in [0.717, 1.165) is 5.03 Å². The number of carbonyl (C=O) groups is 1. The van der Waals surface area contributed by atoms with Crippen molar-refractivity contribution in [3.05, 3.63) is 48.0 Å². The number of amides is 1. The summed E-state index contributed by atoms with van der Waals surface area (Å²) in [5.41, 5.74) is 1.55. The Balaban J connectivity index is 1.97. The van der Waals surface area contributed by atoms with Crippen molar-refractivity contribution in [3.8, 4) is 5.88 Å². The molecule has 0 bridgehead atoms. The van der Waals surface area contributed by atoms with Gasteiger partial charge in [-0.3, -0.25) is 4.79 Å². The van der Waals surface area contributed by atoms with E-state index in [2.05, 4.69) is 35.9 Å². The van der Waals surface area contributed by atoms with Gasteiger partial charge in [0.15, 0.2) is 0 Å². The second-order valence-electron chi connectivity index (χ2n) is 5.85. The van der Waals surface area contributed by atoms with E-state index in [1.54, 1.807) is 25.4 Å². The average Bonchev–Trinajstić information content (AvgIpc) is 2.73. The van der Waals surface area contributed by atoms with E-state index >= 15 is 0 Å². The van der Waals surface area contributed by atoms with Crippen molar-refractivity contribution in [2.24, 2.45) is 0 Å². The van der Waals surface area contributed by atoms with Crippen LogP contribution in [0.25, 0.3) is 0 Å². The lowest BCUT2D eigenvalue weighted by molar-refractivity contribution is 0.0963. The predicted molar refractivity (Wildman–Crippen MR) is 114 cm³/mol. The molecule has 0 saturated heterocycles. The number of nitrogens with one attached hydrogen (secondary N) is 3. The van der Waals surface area contributed by atoms with Gasteiger partial charge >= 0.3 is 0 Å². The highest BCUT2D eigenvalue weighted by Gasteiger charge is 2.15. The zero-order valence-electron chi connectivity index (χ0n) is 16.5. The molecule has 0 spiro atoms. The number of hydrogen-bond acceptors (Lipinski definition) is 9. The summed E-state index contributed by atoms with van der Waals surface area (Å²) in [5.74, 6) is 1.94. The van der Waals surface area contributed by atoms with Gasteiger partial charge in [-0.1, -0.05) is 0 Å². The van der Waals surface area contributed by atoms with Crippen LogP contribution in [0.4, 0.5) is 23.0 Å². The Kier molecular flexibility index (Phi) is 6.45. The van der Waals surface area contributed by atoms with Crippen molar-refractivity contribution in [2.75, 3.05) is 31.0 Å². The minimum atomic E-state index is -0.267. The van der Waals surface area contributed by atoms with E-state index < -0.39 is 0 Å². The van der Waals surface area contributed by atoms with Gasteiger partial charge in [-0.15, -0.1) is 11.8 Å². The van der Waals surface area contributed by atoms with E-state index in [1.807, 2.05) is 25.3 Å². The van der Waals surface area contributed by atoms with Crippen molar-refractivity contribution in [1.29, 1.82) is 0 Å². The maximum absolute atomic E-state index is 12.3. The highest BCUT2D eigenvalue weighted by Crippen LogP contribution is 2.29. The third-order valence-corrected chi connectivity index (χ3v) is 4.52. The summed E-state index contributed by atoms with van der Waals surface area (Å²) in [6.45, 7) is 1.83. The van der Waals surface area contributed by atoms with E-state index in [4.69, 9.17) is 4.74 Å². The fourth-order valence-corrected chi connectivity index (χ4v) is 3.03. The van der Waals surface area contributed by atoms with Crippen LogP contribution in [0.15, 0.2) is 41.7 Å². The van der Waals surface area contributed by atoms with Crippen LogP contribution >= 0.6 is 11.8 Å². The van der Waals surface area contributed by atoms with Gasteiger partial charge in [-0.2, -0.15) is 0 Å². The highest BCUT2D eigenvalue weighted by molar-refractivity contribution is 7.98. The van der Waals surface area contributed by atoms with Gasteiger partial charge in [0.1, 0.15) is 28.2 Å². The minimum Gasteiger partial charge on any atom is -0.480 e. The van der Waals surface area contributed by atoms with Gasteiger partial charge in [0.25, 0.3) is 5.91 Å². The number of aryl methyl sites for hydroxylation is 1. The Labute approximate surface area is 172 Å². The molecule has 0 atom stereocenters. The Hall–Kier alpha value is -3.40. The van der Waals surface area contributed by atoms with Crippen LogP contribution < -0.4 is 20.7 Å². The third kappa shape index (κ3) is 4.91. The largest absolute Gasteiger partial charge is 0.480 e. The summed E-state index contributed by atoms with van der Waals surface area (Å²) in [6.07, 6.45) is 5.07. The normalized spacial score (nSPS) is 10.3. The van der Waals surface area contributed by atoms with Crippen molar-refractivity contribution in [3.63, 3.8) is 0 Å². The average molecular weight is 411 g/mol. The van der Waals surface area contributed by atoms with Crippen molar-refractivity contribution < 1.29 is 9.53 Å². The van der Waals surface area contributed by atoms with Gasteiger partial charge in [0.05, 0.1) is 18.4 Å². The van der Waals surface area contributed by atoms with Crippen LogP contribution in [0.3, 0.4) is 0 Å². The Morgan fingerprint density at radius 2 is 1.93 bits per heavy atom.